The van der Waals surface area contributed by atoms with Gasteiger partial charge in [0.1, 0.15) is 0 Å². The first kappa shape index (κ1) is 13.9. The van der Waals surface area contributed by atoms with E-state index in [9.17, 15) is 0 Å². The van der Waals surface area contributed by atoms with E-state index in [1.54, 1.807) is 0 Å². The van der Waals surface area contributed by atoms with E-state index >= 15 is 0 Å². The second kappa shape index (κ2) is 6.13. The highest BCUT2D eigenvalue weighted by Crippen LogP contribution is 2.52. The zero-order valence-electron chi connectivity index (χ0n) is 12.6. The van der Waals surface area contributed by atoms with Crippen molar-refractivity contribution in [1.82, 2.24) is 5.32 Å². The van der Waals surface area contributed by atoms with Crippen molar-refractivity contribution >= 4 is 0 Å². The van der Waals surface area contributed by atoms with E-state index < -0.39 is 0 Å². The first-order valence-electron chi connectivity index (χ1n) is 8.64. The molecule has 0 aromatic carbocycles. The molecule has 0 saturated heterocycles. The standard InChI is InChI=1S/C17H31NO/c1-18-15-12-16(19-13-14-8-4-5-9-14)17(15)10-6-2-3-7-11-17/h14-16,18H,2-13H2,1H3. The molecule has 0 heterocycles. The van der Waals surface area contributed by atoms with Crippen molar-refractivity contribution in [1.29, 1.82) is 0 Å². The fourth-order valence-corrected chi connectivity index (χ4v) is 4.87. The van der Waals surface area contributed by atoms with Gasteiger partial charge >= 0.3 is 0 Å². The van der Waals surface area contributed by atoms with Gasteiger partial charge in [-0.1, -0.05) is 38.5 Å². The van der Waals surface area contributed by atoms with Crippen molar-refractivity contribution in [3.63, 3.8) is 0 Å². The van der Waals surface area contributed by atoms with Gasteiger partial charge in [-0.2, -0.15) is 0 Å². The van der Waals surface area contributed by atoms with Crippen LogP contribution in [0.2, 0.25) is 0 Å². The number of hydrogen-bond acceptors (Lipinski definition) is 2. The summed E-state index contributed by atoms with van der Waals surface area (Å²) >= 11 is 0. The lowest BCUT2D eigenvalue weighted by molar-refractivity contribution is -0.148. The lowest BCUT2D eigenvalue weighted by atomic mass is 9.58. The first-order valence-corrected chi connectivity index (χ1v) is 8.64. The van der Waals surface area contributed by atoms with Gasteiger partial charge in [0.05, 0.1) is 6.10 Å². The summed E-state index contributed by atoms with van der Waals surface area (Å²) in [6.45, 7) is 1.04. The van der Waals surface area contributed by atoms with Gasteiger partial charge in [-0.3, -0.25) is 0 Å². The summed E-state index contributed by atoms with van der Waals surface area (Å²) in [4.78, 5) is 0. The van der Waals surface area contributed by atoms with Crippen LogP contribution in [0.5, 0.6) is 0 Å². The van der Waals surface area contributed by atoms with Crippen LogP contribution in [-0.4, -0.2) is 25.8 Å². The Morgan fingerprint density at radius 2 is 1.68 bits per heavy atom. The van der Waals surface area contributed by atoms with Crippen LogP contribution >= 0.6 is 0 Å². The maximum absolute atomic E-state index is 6.40. The average molecular weight is 265 g/mol. The third-order valence-electron chi connectivity index (χ3n) is 6.18. The molecule has 0 radical (unpaired) electrons. The van der Waals surface area contributed by atoms with Gasteiger partial charge in [0, 0.05) is 18.1 Å². The predicted octanol–water partition coefficient (Wildman–Crippen LogP) is 3.89. The maximum Gasteiger partial charge on any atom is 0.0661 e. The van der Waals surface area contributed by atoms with Crippen LogP contribution < -0.4 is 5.32 Å². The van der Waals surface area contributed by atoms with Gasteiger partial charge in [-0.15, -0.1) is 0 Å². The van der Waals surface area contributed by atoms with Crippen LogP contribution in [0.4, 0.5) is 0 Å². The van der Waals surface area contributed by atoms with Crippen molar-refractivity contribution in [3.05, 3.63) is 0 Å². The molecule has 3 fully saturated rings. The Labute approximate surface area is 118 Å². The third-order valence-corrected chi connectivity index (χ3v) is 6.18. The van der Waals surface area contributed by atoms with E-state index in [1.165, 1.54) is 70.6 Å². The molecule has 19 heavy (non-hydrogen) atoms. The molecule has 2 atom stereocenters. The Morgan fingerprint density at radius 1 is 1.00 bits per heavy atom. The Bertz CT molecular complexity index is 277. The average Bonchev–Trinajstić information content (AvgIpc) is 2.79. The van der Waals surface area contributed by atoms with Gasteiger partial charge in [0.2, 0.25) is 0 Å². The van der Waals surface area contributed by atoms with Crippen LogP contribution in [0.1, 0.15) is 70.6 Å². The number of nitrogens with one attached hydrogen (secondary N) is 1. The number of rotatable bonds is 4. The van der Waals surface area contributed by atoms with Crippen molar-refractivity contribution < 1.29 is 4.74 Å². The molecule has 1 spiro atoms. The molecule has 0 aromatic rings. The lowest BCUT2D eigenvalue weighted by Gasteiger charge is -2.56. The highest BCUT2D eigenvalue weighted by molar-refractivity contribution is 5.08. The summed E-state index contributed by atoms with van der Waals surface area (Å²) in [6.07, 6.45) is 16.0. The zero-order valence-corrected chi connectivity index (χ0v) is 12.6. The van der Waals surface area contributed by atoms with E-state index in [1.807, 2.05) is 0 Å². The highest BCUT2D eigenvalue weighted by atomic mass is 16.5. The van der Waals surface area contributed by atoms with Crippen LogP contribution in [0.15, 0.2) is 0 Å². The zero-order chi connectivity index (χ0) is 13.1. The Hall–Kier alpha value is -0.0800. The summed E-state index contributed by atoms with van der Waals surface area (Å²) in [7, 11) is 2.14. The third kappa shape index (κ3) is 2.71. The molecular formula is C17H31NO. The molecule has 0 amide bonds. The van der Waals surface area contributed by atoms with Crippen molar-refractivity contribution in [2.75, 3.05) is 13.7 Å². The number of hydrogen-bond donors (Lipinski definition) is 1. The lowest BCUT2D eigenvalue weighted by Crippen LogP contribution is -2.63. The number of ether oxygens (including phenoxy) is 1. The minimum atomic E-state index is 0.490. The van der Waals surface area contributed by atoms with Crippen LogP contribution in [0, 0.1) is 11.3 Å². The second-order valence-corrected chi connectivity index (χ2v) is 7.20. The van der Waals surface area contributed by atoms with E-state index in [4.69, 9.17) is 4.74 Å². The fraction of sp³-hybridized carbons (Fsp3) is 1.00. The summed E-state index contributed by atoms with van der Waals surface area (Å²) in [5, 5.41) is 3.57. The van der Waals surface area contributed by atoms with Gasteiger partial charge in [-0.05, 0) is 45.1 Å². The van der Waals surface area contributed by atoms with Gasteiger partial charge < -0.3 is 10.1 Å². The summed E-state index contributed by atoms with van der Waals surface area (Å²) in [6, 6.07) is 0.721. The molecule has 1 N–H and O–H groups in total. The van der Waals surface area contributed by atoms with Gasteiger partial charge in [0.25, 0.3) is 0 Å². The van der Waals surface area contributed by atoms with Gasteiger partial charge in [0.15, 0.2) is 0 Å². The van der Waals surface area contributed by atoms with Crippen molar-refractivity contribution in [2.24, 2.45) is 11.3 Å². The van der Waals surface area contributed by atoms with Crippen LogP contribution in [0.3, 0.4) is 0 Å². The maximum atomic E-state index is 6.40. The molecule has 110 valence electrons. The Kier molecular flexibility index (Phi) is 4.48. The molecule has 2 heteroatoms. The molecule has 3 saturated carbocycles. The molecule has 0 aliphatic heterocycles. The molecular weight excluding hydrogens is 234 g/mol. The predicted molar refractivity (Wildman–Crippen MR) is 79.3 cm³/mol. The topological polar surface area (TPSA) is 21.3 Å². The molecule has 0 aromatic heterocycles. The first-order chi connectivity index (χ1) is 9.35. The van der Waals surface area contributed by atoms with Crippen molar-refractivity contribution in [3.8, 4) is 0 Å². The smallest absolute Gasteiger partial charge is 0.0661 e. The summed E-state index contributed by atoms with van der Waals surface area (Å²) in [5.74, 6) is 0.872. The van der Waals surface area contributed by atoms with E-state index in [-0.39, 0.29) is 0 Å². The van der Waals surface area contributed by atoms with E-state index in [0.717, 1.165) is 18.6 Å². The van der Waals surface area contributed by atoms with E-state index in [2.05, 4.69) is 12.4 Å². The molecule has 3 rings (SSSR count). The van der Waals surface area contributed by atoms with Crippen LogP contribution in [-0.2, 0) is 4.74 Å². The molecule has 3 aliphatic rings. The minimum Gasteiger partial charge on any atom is -0.377 e. The Morgan fingerprint density at radius 3 is 2.32 bits per heavy atom. The molecule has 2 nitrogen and oxygen atoms in total. The van der Waals surface area contributed by atoms with E-state index in [0.29, 0.717) is 11.5 Å². The highest BCUT2D eigenvalue weighted by Gasteiger charge is 2.54. The van der Waals surface area contributed by atoms with Crippen LogP contribution in [0.25, 0.3) is 0 Å². The molecule has 0 bridgehead atoms. The van der Waals surface area contributed by atoms with Gasteiger partial charge in [-0.25, -0.2) is 0 Å². The molecule has 2 unspecified atom stereocenters. The largest absolute Gasteiger partial charge is 0.377 e. The molecule has 3 aliphatic carbocycles. The normalized spacial score (nSPS) is 35.2. The summed E-state index contributed by atoms with van der Waals surface area (Å²) < 4.78 is 6.40. The minimum absolute atomic E-state index is 0.490. The monoisotopic (exact) mass is 265 g/mol. The quantitative estimate of drug-likeness (QED) is 0.832. The van der Waals surface area contributed by atoms with Crippen molar-refractivity contribution in [2.45, 2.75) is 82.8 Å². The summed E-state index contributed by atoms with van der Waals surface area (Å²) in [5.41, 5.74) is 0.490. The second-order valence-electron chi connectivity index (χ2n) is 7.20. The Balaban J connectivity index is 1.57. The fourth-order valence-electron chi connectivity index (χ4n) is 4.87. The SMILES string of the molecule is CNC1CC(OCC2CCCC2)C12CCCCCC2.